The summed E-state index contributed by atoms with van der Waals surface area (Å²) in [6.45, 7) is 0.364. The van der Waals surface area contributed by atoms with Crippen LogP contribution in [-0.4, -0.2) is 19.7 Å². The molecule has 2 N–H and O–H groups in total. The lowest BCUT2D eigenvalue weighted by Gasteiger charge is -2.23. The number of hydrogen-bond donors (Lipinski definition) is 1. The third kappa shape index (κ3) is 1.88. The lowest BCUT2D eigenvalue weighted by molar-refractivity contribution is -0.146. The number of ether oxygens (including phenoxy) is 2. The highest BCUT2D eigenvalue weighted by atomic mass is 16.5. The molecular weight excluding hydrogens is 194 g/mol. The first-order valence-electron chi connectivity index (χ1n) is 4.79. The van der Waals surface area contributed by atoms with Gasteiger partial charge in [-0.2, -0.15) is 0 Å². The van der Waals surface area contributed by atoms with Crippen molar-refractivity contribution in [2.45, 2.75) is 6.42 Å². The second-order valence-electron chi connectivity index (χ2n) is 3.60. The summed E-state index contributed by atoms with van der Waals surface area (Å²) in [6.07, 6.45) is 0.655. The van der Waals surface area contributed by atoms with E-state index < -0.39 is 0 Å². The van der Waals surface area contributed by atoms with Crippen LogP contribution in [0.4, 0.5) is 5.69 Å². The average molecular weight is 207 g/mol. The van der Waals surface area contributed by atoms with E-state index in [-0.39, 0.29) is 11.9 Å². The van der Waals surface area contributed by atoms with Gasteiger partial charge in [0.2, 0.25) is 0 Å². The van der Waals surface area contributed by atoms with E-state index in [0.29, 0.717) is 18.7 Å². The average Bonchev–Trinajstić information content (AvgIpc) is 2.27. The molecule has 0 spiro atoms. The first kappa shape index (κ1) is 9.83. The number of anilines is 1. The Hall–Kier alpha value is -1.71. The van der Waals surface area contributed by atoms with Gasteiger partial charge in [0.1, 0.15) is 12.4 Å². The number of fused-ring (bicyclic) bond motifs is 1. The third-order valence-corrected chi connectivity index (χ3v) is 2.53. The number of methoxy groups -OCH3 is 1. The summed E-state index contributed by atoms with van der Waals surface area (Å²) < 4.78 is 10.1. The molecule has 0 saturated heterocycles. The fourth-order valence-electron chi connectivity index (χ4n) is 1.71. The van der Waals surface area contributed by atoms with Gasteiger partial charge in [-0.15, -0.1) is 0 Å². The molecule has 1 aliphatic heterocycles. The number of carbonyl (C=O) groups is 1. The maximum absolute atomic E-state index is 11.3. The minimum absolute atomic E-state index is 0.203. The van der Waals surface area contributed by atoms with Crippen LogP contribution in [0.5, 0.6) is 5.75 Å². The number of nitrogens with two attached hydrogens (primary N) is 1. The van der Waals surface area contributed by atoms with Gasteiger partial charge in [0, 0.05) is 11.8 Å². The Morgan fingerprint density at radius 1 is 1.60 bits per heavy atom. The van der Waals surface area contributed by atoms with Crippen molar-refractivity contribution in [2.75, 3.05) is 19.5 Å². The van der Waals surface area contributed by atoms with E-state index in [0.717, 1.165) is 11.3 Å². The largest absolute Gasteiger partial charge is 0.492 e. The molecule has 80 valence electrons. The van der Waals surface area contributed by atoms with E-state index in [1.807, 2.05) is 12.1 Å². The van der Waals surface area contributed by atoms with Gasteiger partial charge in [0.25, 0.3) is 0 Å². The summed E-state index contributed by atoms with van der Waals surface area (Å²) in [5.74, 6) is 0.346. The van der Waals surface area contributed by atoms with Gasteiger partial charge in [-0.05, 0) is 18.1 Å². The maximum atomic E-state index is 11.3. The molecule has 1 aromatic rings. The quantitative estimate of drug-likeness (QED) is 0.551. The molecule has 1 heterocycles. The molecule has 15 heavy (non-hydrogen) atoms. The SMILES string of the molecule is COC(=O)C1COc2cc(N)ccc2C1. The number of benzene rings is 1. The molecule has 2 rings (SSSR count). The van der Waals surface area contributed by atoms with Crippen LogP contribution in [0.1, 0.15) is 5.56 Å². The lowest BCUT2D eigenvalue weighted by Crippen LogP contribution is -2.29. The number of carbonyl (C=O) groups excluding carboxylic acids is 1. The van der Waals surface area contributed by atoms with Gasteiger partial charge in [-0.1, -0.05) is 6.07 Å². The van der Waals surface area contributed by atoms with Crippen LogP contribution in [0.25, 0.3) is 0 Å². The molecule has 1 aromatic carbocycles. The summed E-state index contributed by atoms with van der Waals surface area (Å²) in [5.41, 5.74) is 7.31. The molecule has 1 unspecified atom stereocenters. The van der Waals surface area contributed by atoms with Crippen molar-refractivity contribution in [3.8, 4) is 5.75 Å². The Morgan fingerprint density at radius 3 is 3.13 bits per heavy atom. The summed E-state index contributed by atoms with van der Waals surface area (Å²) in [5, 5.41) is 0. The minimum atomic E-state index is -0.225. The Balaban J connectivity index is 2.20. The zero-order valence-corrected chi connectivity index (χ0v) is 8.53. The fraction of sp³-hybridized carbons (Fsp3) is 0.364. The van der Waals surface area contributed by atoms with Crippen LogP contribution >= 0.6 is 0 Å². The second-order valence-corrected chi connectivity index (χ2v) is 3.60. The van der Waals surface area contributed by atoms with Crippen LogP contribution in [0.2, 0.25) is 0 Å². The van der Waals surface area contributed by atoms with Gasteiger partial charge in [0.15, 0.2) is 0 Å². The van der Waals surface area contributed by atoms with Crippen molar-refractivity contribution < 1.29 is 14.3 Å². The molecule has 4 heteroatoms. The topological polar surface area (TPSA) is 61.5 Å². The second kappa shape index (κ2) is 3.81. The third-order valence-electron chi connectivity index (χ3n) is 2.53. The molecule has 1 atom stereocenters. The Labute approximate surface area is 88.0 Å². The molecule has 0 amide bonds. The Kier molecular flexibility index (Phi) is 2.49. The van der Waals surface area contributed by atoms with E-state index in [1.165, 1.54) is 7.11 Å². The molecule has 0 fully saturated rings. The van der Waals surface area contributed by atoms with Gasteiger partial charge < -0.3 is 15.2 Å². The lowest BCUT2D eigenvalue weighted by atomic mass is 9.96. The number of hydrogen-bond acceptors (Lipinski definition) is 4. The van der Waals surface area contributed by atoms with Crippen molar-refractivity contribution in [3.63, 3.8) is 0 Å². The zero-order chi connectivity index (χ0) is 10.8. The van der Waals surface area contributed by atoms with Crippen LogP contribution in [0.3, 0.4) is 0 Å². The van der Waals surface area contributed by atoms with Gasteiger partial charge in [-0.25, -0.2) is 0 Å². The van der Waals surface area contributed by atoms with E-state index in [2.05, 4.69) is 4.74 Å². The molecule has 0 bridgehead atoms. The predicted octanol–water partition coefficient (Wildman–Crippen LogP) is 0.993. The summed E-state index contributed by atoms with van der Waals surface area (Å²) in [7, 11) is 1.39. The highest BCUT2D eigenvalue weighted by molar-refractivity contribution is 5.73. The van der Waals surface area contributed by atoms with Gasteiger partial charge in [-0.3, -0.25) is 4.79 Å². The summed E-state index contributed by atoms with van der Waals surface area (Å²) in [4.78, 5) is 11.3. The normalized spacial score (nSPS) is 18.9. The van der Waals surface area contributed by atoms with Gasteiger partial charge >= 0.3 is 5.97 Å². The van der Waals surface area contributed by atoms with Gasteiger partial charge in [0.05, 0.1) is 13.0 Å². The summed E-state index contributed by atoms with van der Waals surface area (Å²) in [6, 6.07) is 5.48. The highest BCUT2D eigenvalue weighted by Crippen LogP contribution is 2.29. The van der Waals surface area contributed by atoms with Crippen LogP contribution < -0.4 is 10.5 Å². The van der Waals surface area contributed by atoms with Crippen LogP contribution in [-0.2, 0) is 16.0 Å². The van der Waals surface area contributed by atoms with Crippen molar-refractivity contribution in [1.29, 1.82) is 0 Å². The van der Waals surface area contributed by atoms with E-state index >= 15 is 0 Å². The molecule has 4 nitrogen and oxygen atoms in total. The Bertz CT molecular complexity index is 389. The molecule has 0 aliphatic carbocycles. The van der Waals surface area contributed by atoms with Crippen LogP contribution in [0, 0.1) is 5.92 Å². The van der Waals surface area contributed by atoms with E-state index in [9.17, 15) is 4.79 Å². The molecule has 0 aromatic heterocycles. The number of nitrogen functional groups attached to an aromatic ring is 1. The first-order chi connectivity index (χ1) is 7.20. The maximum Gasteiger partial charge on any atom is 0.312 e. The monoisotopic (exact) mass is 207 g/mol. The highest BCUT2D eigenvalue weighted by Gasteiger charge is 2.26. The first-order valence-corrected chi connectivity index (χ1v) is 4.79. The molecule has 1 aliphatic rings. The van der Waals surface area contributed by atoms with E-state index in [4.69, 9.17) is 10.5 Å². The van der Waals surface area contributed by atoms with Crippen molar-refractivity contribution in [2.24, 2.45) is 5.92 Å². The molecule has 0 radical (unpaired) electrons. The number of rotatable bonds is 1. The van der Waals surface area contributed by atoms with Crippen molar-refractivity contribution in [1.82, 2.24) is 0 Å². The van der Waals surface area contributed by atoms with Crippen molar-refractivity contribution >= 4 is 11.7 Å². The fourth-order valence-corrected chi connectivity index (χ4v) is 1.71. The van der Waals surface area contributed by atoms with Crippen LogP contribution in [0.15, 0.2) is 18.2 Å². The standard InChI is InChI=1S/C11H13NO3/c1-14-11(13)8-4-7-2-3-9(12)5-10(7)15-6-8/h2-3,5,8H,4,6,12H2,1H3. The number of esters is 1. The zero-order valence-electron chi connectivity index (χ0n) is 8.53. The van der Waals surface area contributed by atoms with E-state index in [1.54, 1.807) is 6.07 Å². The van der Waals surface area contributed by atoms with Crippen molar-refractivity contribution in [3.05, 3.63) is 23.8 Å². The minimum Gasteiger partial charge on any atom is -0.492 e. The predicted molar refractivity (Wildman–Crippen MR) is 55.6 cm³/mol. The smallest absolute Gasteiger partial charge is 0.312 e. The molecular formula is C11H13NO3. The molecule has 0 saturated carbocycles. The summed E-state index contributed by atoms with van der Waals surface area (Å²) >= 11 is 0. The Morgan fingerprint density at radius 2 is 2.40 bits per heavy atom.